The van der Waals surface area contributed by atoms with Crippen LogP contribution in [0.4, 0.5) is 5.13 Å². The number of Topliss-reactive ketones (excluding diaryl/α,β-unsaturated/α-hetero) is 1. The third-order valence-electron chi connectivity index (χ3n) is 5.70. The van der Waals surface area contributed by atoms with E-state index in [2.05, 4.69) is 4.98 Å². The second kappa shape index (κ2) is 8.98. The first-order valence-corrected chi connectivity index (χ1v) is 11.7. The van der Waals surface area contributed by atoms with Crippen molar-refractivity contribution in [2.45, 2.75) is 6.04 Å². The van der Waals surface area contributed by atoms with Gasteiger partial charge in [-0.2, -0.15) is 0 Å². The molecule has 7 nitrogen and oxygen atoms in total. The predicted octanol–water partition coefficient (Wildman–Crippen LogP) is 5.36. The Hall–Kier alpha value is -4.01. The van der Waals surface area contributed by atoms with Gasteiger partial charge in [0.2, 0.25) is 0 Å². The second-order valence-electron chi connectivity index (χ2n) is 7.75. The lowest BCUT2D eigenvalue weighted by atomic mass is 9.95. The number of ether oxygens (including phenoxy) is 1. The zero-order chi connectivity index (χ0) is 24.7. The van der Waals surface area contributed by atoms with Gasteiger partial charge in [-0.05, 0) is 54.1 Å². The van der Waals surface area contributed by atoms with Gasteiger partial charge in [0.15, 0.2) is 5.13 Å². The van der Waals surface area contributed by atoms with Crippen LogP contribution in [0, 0.1) is 0 Å². The zero-order valence-corrected chi connectivity index (χ0v) is 19.8. The summed E-state index contributed by atoms with van der Waals surface area (Å²) in [7, 11) is 1.28. The van der Waals surface area contributed by atoms with Crippen LogP contribution in [0.2, 0.25) is 5.02 Å². The van der Waals surface area contributed by atoms with Crippen molar-refractivity contribution >= 4 is 61.7 Å². The molecule has 1 fully saturated rings. The van der Waals surface area contributed by atoms with Gasteiger partial charge in [-0.1, -0.05) is 47.2 Å². The van der Waals surface area contributed by atoms with Crippen LogP contribution in [0.3, 0.4) is 0 Å². The summed E-state index contributed by atoms with van der Waals surface area (Å²) >= 11 is 7.24. The van der Waals surface area contributed by atoms with Crippen LogP contribution in [0.1, 0.15) is 27.5 Å². The van der Waals surface area contributed by atoms with Gasteiger partial charge in [-0.15, -0.1) is 0 Å². The molecule has 0 spiro atoms. The molecular formula is C26H17ClN2O5S. The van der Waals surface area contributed by atoms with Gasteiger partial charge in [0.25, 0.3) is 5.78 Å². The standard InChI is InChI=1S/C26H17ClN2O5S/c1-34-25(33)16-8-6-14(7-9-16)21-20(22(30)15-10-12-17(27)13-11-15)23(31)24(32)29(21)26-28-18-4-2-3-5-19(18)35-26/h2-13,21,30H,1H3/t21-/m0/s1. The molecule has 35 heavy (non-hydrogen) atoms. The second-order valence-corrected chi connectivity index (χ2v) is 9.20. The molecule has 2 heterocycles. The smallest absolute Gasteiger partial charge is 0.337 e. The maximum atomic E-state index is 13.3. The van der Waals surface area contributed by atoms with Crippen molar-refractivity contribution < 1.29 is 24.2 Å². The van der Waals surface area contributed by atoms with E-state index in [1.54, 1.807) is 48.5 Å². The molecule has 1 saturated heterocycles. The highest BCUT2D eigenvalue weighted by Gasteiger charge is 2.48. The lowest BCUT2D eigenvalue weighted by Crippen LogP contribution is -2.29. The van der Waals surface area contributed by atoms with Crippen LogP contribution in [0.15, 0.2) is 78.4 Å². The molecule has 0 radical (unpaired) electrons. The van der Waals surface area contributed by atoms with E-state index in [9.17, 15) is 19.5 Å². The quantitative estimate of drug-likeness (QED) is 0.174. The number of hydrogen-bond acceptors (Lipinski definition) is 7. The first-order chi connectivity index (χ1) is 16.9. The molecular weight excluding hydrogens is 488 g/mol. The predicted molar refractivity (Wildman–Crippen MR) is 134 cm³/mol. The summed E-state index contributed by atoms with van der Waals surface area (Å²) in [4.78, 5) is 44.3. The molecule has 5 rings (SSSR count). The van der Waals surface area contributed by atoms with E-state index < -0.39 is 23.7 Å². The fourth-order valence-electron chi connectivity index (χ4n) is 3.99. The van der Waals surface area contributed by atoms with Crippen molar-refractivity contribution in [3.63, 3.8) is 0 Å². The lowest BCUT2D eigenvalue weighted by molar-refractivity contribution is -0.132. The van der Waals surface area contributed by atoms with Crippen molar-refractivity contribution in [1.29, 1.82) is 0 Å². The number of anilines is 1. The molecule has 0 saturated carbocycles. The number of carbonyl (C=O) groups excluding carboxylic acids is 3. The van der Waals surface area contributed by atoms with Gasteiger partial charge in [0.05, 0.1) is 34.5 Å². The van der Waals surface area contributed by atoms with Gasteiger partial charge in [0, 0.05) is 10.6 Å². The summed E-state index contributed by atoms with van der Waals surface area (Å²) in [5.74, 6) is -2.48. The first kappa shape index (κ1) is 22.8. The van der Waals surface area contributed by atoms with Gasteiger partial charge < -0.3 is 9.84 Å². The molecule has 1 aliphatic heterocycles. The summed E-state index contributed by atoms with van der Waals surface area (Å²) in [5.41, 5.74) is 1.78. The van der Waals surface area contributed by atoms with E-state index >= 15 is 0 Å². The molecule has 0 aliphatic carbocycles. The molecule has 3 aromatic carbocycles. The van der Waals surface area contributed by atoms with Crippen molar-refractivity contribution in [2.75, 3.05) is 12.0 Å². The number of amides is 1. The number of ketones is 1. The number of aliphatic hydroxyl groups excluding tert-OH is 1. The molecule has 1 N–H and O–H groups in total. The van der Waals surface area contributed by atoms with Crippen molar-refractivity contribution in [3.05, 3.63) is 100 Å². The number of halogens is 1. The molecule has 4 aromatic rings. The van der Waals surface area contributed by atoms with Gasteiger partial charge in [-0.25, -0.2) is 9.78 Å². The highest BCUT2D eigenvalue weighted by Crippen LogP contribution is 2.44. The zero-order valence-electron chi connectivity index (χ0n) is 18.3. The van der Waals surface area contributed by atoms with E-state index in [0.29, 0.717) is 32.4 Å². The Morgan fingerprint density at radius 1 is 1.00 bits per heavy atom. The Balaban J connectivity index is 1.70. The average Bonchev–Trinajstić information content (AvgIpc) is 3.42. The average molecular weight is 505 g/mol. The van der Waals surface area contributed by atoms with Gasteiger partial charge in [-0.3, -0.25) is 14.5 Å². The fraction of sp³-hybridized carbons (Fsp3) is 0.0769. The maximum Gasteiger partial charge on any atom is 0.337 e. The van der Waals surface area contributed by atoms with Gasteiger partial charge >= 0.3 is 11.9 Å². The Morgan fingerprint density at radius 2 is 1.66 bits per heavy atom. The van der Waals surface area contributed by atoms with E-state index in [1.165, 1.54) is 23.3 Å². The number of aromatic nitrogens is 1. The fourth-order valence-corrected chi connectivity index (χ4v) is 5.11. The number of hydrogen-bond donors (Lipinski definition) is 1. The molecule has 1 aromatic heterocycles. The Kier molecular flexibility index (Phi) is 5.84. The summed E-state index contributed by atoms with van der Waals surface area (Å²) < 4.78 is 5.61. The summed E-state index contributed by atoms with van der Waals surface area (Å²) in [5, 5.41) is 12.0. The van der Waals surface area contributed by atoms with E-state index in [0.717, 1.165) is 4.70 Å². The number of para-hydroxylation sites is 1. The summed E-state index contributed by atoms with van der Waals surface area (Å²) in [6.07, 6.45) is 0. The molecule has 1 aliphatic rings. The number of methoxy groups -OCH3 is 1. The van der Waals surface area contributed by atoms with Crippen LogP contribution in [0.25, 0.3) is 16.0 Å². The Bertz CT molecular complexity index is 1480. The number of nitrogens with zero attached hydrogens (tertiary/aromatic N) is 2. The number of fused-ring (bicyclic) bond motifs is 1. The molecule has 1 atom stereocenters. The van der Waals surface area contributed by atoms with Crippen LogP contribution < -0.4 is 4.90 Å². The number of esters is 1. The first-order valence-electron chi connectivity index (χ1n) is 10.5. The maximum absolute atomic E-state index is 13.3. The number of rotatable bonds is 4. The molecule has 0 unspecified atom stereocenters. The van der Waals surface area contributed by atoms with Crippen LogP contribution in [-0.2, 0) is 14.3 Å². The molecule has 0 bridgehead atoms. The van der Waals surface area contributed by atoms with Crippen LogP contribution in [0.5, 0.6) is 0 Å². The van der Waals surface area contributed by atoms with Crippen molar-refractivity contribution in [3.8, 4) is 0 Å². The minimum atomic E-state index is -0.960. The summed E-state index contributed by atoms with van der Waals surface area (Å²) in [6, 6.07) is 19.1. The van der Waals surface area contributed by atoms with Crippen LogP contribution >= 0.6 is 22.9 Å². The number of aliphatic hydroxyl groups is 1. The third kappa shape index (κ3) is 3.96. The van der Waals surface area contributed by atoms with Crippen molar-refractivity contribution in [1.82, 2.24) is 4.98 Å². The number of thiazole rings is 1. The largest absolute Gasteiger partial charge is 0.507 e. The topological polar surface area (TPSA) is 96.8 Å². The normalized spacial score (nSPS) is 17.2. The monoisotopic (exact) mass is 504 g/mol. The Morgan fingerprint density at radius 3 is 2.31 bits per heavy atom. The van der Waals surface area contributed by atoms with Crippen LogP contribution in [-0.4, -0.2) is 34.9 Å². The minimum absolute atomic E-state index is 0.0811. The Labute approximate surface area is 208 Å². The third-order valence-corrected chi connectivity index (χ3v) is 6.99. The number of benzene rings is 3. The SMILES string of the molecule is COC(=O)c1ccc([C@H]2C(=C(O)c3ccc(Cl)cc3)C(=O)C(=O)N2c2nc3ccccc3s2)cc1. The lowest BCUT2D eigenvalue weighted by Gasteiger charge is -2.23. The highest BCUT2D eigenvalue weighted by molar-refractivity contribution is 7.22. The minimum Gasteiger partial charge on any atom is -0.507 e. The molecule has 9 heteroatoms. The van der Waals surface area contributed by atoms with E-state index in [-0.39, 0.29) is 11.3 Å². The highest BCUT2D eigenvalue weighted by atomic mass is 35.5. The van der Waals surface area contributed by atoms with Gasteiger partial charge in [0.1, 0.15) is 5.76 Å². The molecule has 1 amide bonds. The van der Waals surface area contributed by atoms with E-state index in [1.807, 2.05) is 24.3 Å². The summed E-state index contributed by atoms with van der Waals surface area (Å²) in [6.45, 7) is 0. The number of carbonyl (C=O) groups is 3. The van der Waals surface area contributed by atoms with Crippen molar-refractivity contribution in [2.24, 2.45) is 0 Å². The molecule has 174 valence electrons. The van der Waals surface area contributed by atoms with E-state index in [4.69, 9.17) is 16.3 Å².